The standard InChI is InChI=1S/C11H22F2N2O2/c1-8(6-11(12,13)7-14)15(5)9(16)17-10(2,3)4/h8H,6-7,14H2,1-5H3. The van der Waals surface area contributed by atoms with E-state index in [0.717, 1.165) is 4.90 Å². The summed E-state index contributed by atoms with van der Waals surface area (Å²) in [5.74, 6) is -2.96. The van der Waals surface area contributed by atoms with E-state index in [9.17, 15) is 13.6 Å². The summed E-state index contributed by atoms with van der Waals surface area (Å²) in [5, 5.41) is 0. The molecule has 1 atom stereocenters. The van der Waals surface area contributed by atoms with Crippen LogP contribution in [0, 0.1) is 0 Å². The topological polar surface area (TPSA) is 55.6 Å². The number of rotatable bonds is 4. The molecule has 0 saturated heterocycles. The van der Waals surface area contributed by atoms with Gasteiger partial charge in [-0.3, -0.25) is 0 Å². The third kappa shape index (κ3) is 6.41. The SMILES string of the molecule is CC(CC(F)(F)CN)N(C)C(=O)OC(C)(C)C. The first-order valence-electron chi connectivity index (χ1n) is 5.52. The maximum atomic E-state index is 13.1. The van der Waals surface area contributed by atoms with Crippen LogP contribution in [0.3, 0.4) is 0 Å². The molecule has 0 radical (unpaired) electrons. The van der Waals surface area contributed by atoms with Gasteiger partial charge in [0.05, 0.1) is 6.54 Å². The van der Waals surface area contributed by atoms with Crippen molar-refractivity contribution < 1.29 is 18.3 Å². The Bertz CT molecular complexity index is 265. The maximum absolute atomic E-state index is 13.1. The quantitative estimate of drug-likeness (QED) is 0.834. The van der Waals surface area contributed by atoms with Crippen LogP contribution in [-0.4, -0.2) is 42.2 Å². The van der Waals surface area contributed by atoms with Gasteiger partial charge in [-0.1, -0.05) is 0 Å². The zero-order chi connectivity index (χ0) is 13.9. The normalized spacial score (nSPS) is 14.4. The second-order valence-electron chi connectivity index (χ2n) is 5.20. The van der Waals surface area contributed by atoms with E-state index in [1.165, 1.54) is 14.0 Å². The Labute approximate surface area is 101 Å². The predicted octanol–water partition coefficient (Wildman–Crippen LogP) is 2.23. The smallest absolute Gasteiger partial charge is 0.410 e. The number of amides is 1. The van der Waals surface area contributed by atoms with Gasteiger partial charge in [0, 0.05) is 19.5 Å². The molecular formula is C11H22F2N2O2. The summed E-state index contributed by atoms with van der Waals surface area (Å²) in [6, 6.07) is -0.636. The van der Waals surface area contributed by atoms with E-state index < -0.39 is 36.6 Å². The van der Waals surface area contributed by atoms with Crippen molar-refractivity contribution in [3.63, 3.8) is 0 Å². The van der Waals surface area contributed by atoms with Gasteiger partial charge in [-0.15, -0.1) is 0 Å². The first-order chi connectivity index (χ1) is 7.48. The summed E-state index contributed by atoms with van der Waals surface area (Å²) >= 11 is 0. The highest BCUT2D eigenvalue weighted by molar-refractivity contribution is 5.68. The highest BCUT2D eigenvalue weighted by atomic mass is 19.3. The first kappa shape index (κ1) is 16.1. The molecule has 2 N–H and O–H groups in total. The lowest BCUT2D eigenvalue weighted by molar-refractivity contribution is -0.0251. The van der Waals surface area contributed by atoms with Crippen molar-refractivity contribution in [2.45, 2.75) is 51.7 Å². The lowest BCUT2D eigenvalue weighted by Gasteiger charge is -2.30. The van der Waals surface area contributed by atoms with Gasteiger partial charge >= 0.3 is 6.09 Å². The van der Waals surface area contributed by atoms with Crippen LogP contribution in [0.15, 0.2) is 0 Å². The second kappa shape index (κ2) is 5.62. The van der Waals surface area contributed by atoms with E-state index in [1.807, 2.05) is 0 Å². The van der Waals surface area contributed by atoms with Crippen LogP contribution in [0.5, 0.6) is 0 Å². The fourth-order valence-corrected chi connectivity index (χ4v) is 1.17. The van der Waals surface area contributed by atoms with E-state index in [0.29, 0.717) is 0 Å². The Kier molecular flexibility index (Phi) is 5.32. The monoisotopic (exact) mass is 252 g/mol. The summed E-state index contributed by atoms with van der Waals surface area (Å²) in [6.07, 6.45) is -1.09. The number of carbonyl (C=O) groups excluding carboxylic acids is 1. The fraction of sp³-hybridized carbons (Fsp3) is 0.909. The Morgan fingerprint density at radius 1 is 1.41 bits per heavy atom. The number of ether oxygens (including phenoxy) is 1. The molecule has 0 aliphatic heterocycles. The number of nitrogens with two attached hydrogens (primary N) is 1. The summed E-state index contributed by atoms with van der Waals surface area (Å²) in [5.41, 5.74) is 4.31. The Morgan fingerprint density at radius 2 is 1.88 bits per heavy atom. The van der Waals surface area contributed by atoms with Gasteiger partial charge in [0.25, 0.3) is 5.92 Å². The largest absolute Gasteiger partial charge is 0.444 e. The van der Waals surface area contributed by atoms with E-state index in [2.05, 4.69) is 0 Å². The number of nitrogens with zero attached hydrogens (tertiary/aromatic N) is 1. The molecule has 0 aromatic carbocycles. The molecule has 0 aliphatic carbocycles. The average Bonchev–Trinajstić information content (AvgIpc) is 2.13. The minimum atomic E-state index is -2.96. The molecule has 102 valence electrons. The van der Waals surface area contributed by atoms with E-state index in [4.69, 9.17) is 10.5 Å². The molecule has 0 spiro atoms. The van der Waals surface area contributed by atoms with Crippen LogP contribution in [0.4, 0.5) is 13.6 Å². The summed E-state index contributed by atoms with van der Waals surface area (Å²) < 4.78 is 31.2. The molecule has 6 heteroatoms. The number of hydrogen-bond acceptors (Lipinski definition) is 3. The van der Waals surface area contributed by atoms with Gasteiger partial charge in [0.15, 0.2) is 0 Å². The Morgan fingerprint density at radius 3 is 2.24 bits per heavy atom. The average molecular weight is 252 g/mol. The van der Waals surface area contributed by atoms with Crippen molar-refractivity contribution in [3.05, 3.63) is 0 Å². The Balaban J connectivity index is 4.40. The lowest BCUT2D eigenvalue weighted by Crippen LogP contribution is -2.43. The number of hydrogen-bond donors (Lipinski definition) is 1. The molecule has 0 fully saturated rings. The van der Waals surface area contributed by atoms with Crippen molar-refractivity contribution in [1.29, 1.82) is 0 Å². The molecule has 0 rings (SSSR count). The van der Waals surface area contributed by atoms with Crippen LogP contribution >= 0.6 is 0 Å². The van der Waals surface area contributed by atoms with Crippen LogP contribution < -0.4 is 5.73 Å². The summed E-state index contributed by atoms with van der Waals surface area (Å²) in [7, 11) is 1.44. The van der Waals surface area contributed by atoms with Gasteiger partial charge < -0.3 is 15.4 Å². The Hall–Kier alpha value is -0.910. The van der Waals surface area contributed by atoms with Gasteiger partial charge in [0.2, 0.25) is 0 Å². The molecular weight excluding hydrogens is 230 g/mol. The van der Waals surface area contributed by atoms with Crippen molar-refractivity contribution >= 4 is 6.09 Å². The molecule has 0 aliphatic rings. The van der Waals surface area contributed by atoms with Crippen molar-refractivity contribution in [2.75, 3.05) is 13.6 Å². The highest BCUT2D eigenvalue weighted by Crippen LogP contribution is 2.21. The number of alkyl halides is 2. The zero-order valence-corrected chi connectivity index (χ0v) is 11.1. The lowest BCUT2D eigenvalue weighted by atomic mass is 10.1. The van der Waals surface area contributed by atoms with Crippen molar-refractivity contribution in [3.8, 4) is 0 Å². The van der Waals surface area contributed by atoms with Gasteiger partial charge in [0.1, 0.15) is 5.60 Å². The molecule has 0 aromatic rings. The number of carbonyl (C=O) groups is 1. The number of halogens is 2. The van der Waals surface area contributed by atoms with Crippen LogP contribution in [0.25, 0.3) is 0 Å². The second-order valence-corrected chi connectivity index (χ2v) is 5.20. The highest BCUT2D eigenvalue weighted by Gasteiger charge is 2.33. The van der Waals surface area contributed by atoms with E-state index in [1.54, 1.807) is 20.8 Å². The molecule has 0 saturated carbocycles. The van der Waals surface area contributed by atoms with Gasteiger partial charge in [-0.25, -0.2) is 13.6 Å². The summed E-state index contributed by atoms with van der Waals surface area (Å²) in [6.45, 7) is 5.97. The molecule has 0 heterocycles. The molecule has 1 amide bonds. The third-order valence-corrected chi connectivity index (χ3v) is 2.24. The maximum Gasteiger partial charge on any atom is 0.410 e. The predicted molar refractivity (Wildman–Crippen MR) is 62.1 cm³/mol. The van der Waals surface area contributed by atoms with Gasteiger partial charge in [-0.2, -0.15) is 0 Å². The third-order valence-electron chi connectivity index (χ3n) is 2.24. The van der Waals surface area contributed by atoms with E-state index in [-0.39, 0.29) is 0 Å². The van der Waals surface area contributed by atoms with Crippen molar-refractivity contribution in [2.24, 2.45) is 5.73 Å². The van der Waals surface area contributed by atoms with Crippen LogP contribution in [0.1, 0.15) is 34.1 Å². The van der Waals surface area contributed by atoms with Crippen LogP contribution in [-0.2, 0) is 4.74 Å². The molecule has 1 unspecified atom stereocenters. The van der Waals surface area contributed by atoms with E-state index >= 15 is 0 Å². The molecule has 17 heavy (non-hydrogen) atoms. The first-order valence-corrected chi connectivity index (χ1v) is 5.52. The molecule has 4 nitrogen and oxygen atoms in total. The minimum absolute atomic E-state index is 0.473. The summed E-state index contributed by atoms with van der Waals surface area (Å²) in [4.78, 5) is 12.8. The van der Waals surface area contributed by atoms with Gasteiger partial charge in [-0.05, 0) is 27.7 Å². The molecule has 0 aromatic heterocycles. The van der Waals surface area contributed by atoms with Crippen molar-refractivity contribution in [1.82, 2.24) is 4.90 Å². The minimum Gasteiger partial charge on any atom is -0.444 e. The fourth-order valence-electron chi connectivity index (χ4n) is 1.17. The molecule has 0 bridgehead atoms. The zero-order valence-electron chi connectivity index (χ0n) is 11.1. The van der Waals surface area contributed by atoms with Crippen LogP contribution in [0.2, 0.25) is 0 Å².